The maximum Gasteiger partial charge on any atom is 0.264 e. The largest absolute Gasteiger partial charge is 0.386 e. The van der Waals surface area contributed by atoms with Crippen LogP contribution in [0.3, 0.4) is 0 Å². The van der Waals surface area contributed by atoms with E-state index in [9.17, 15) is 13.5 Å². The summed E-state index contributed by atoms with van der Waals surface area (Å²) >= 11 is 0. The highest BCUT2D eigenvalue weighted by atomic mass is 32.2. The van der Waals surface area contributed by atoms with E-state index in [2.05, 4.69) is 4.18 Å². The van der Waals surface area contributed by atoms with Crippen molar-refractivity contribution in [3.05, 3.63) is 35.9 Å². The van der Waals surface area contributed by atoms with Crippen LogP contribution in [0.25, 0.3) is 0 Å². The van der Waals surface area contributed by atoms with Gasteiger partial charge in [0.05, 0.1) is 12.9 Å². The van der Waals surface area contributed by atoms with Crippen LogP contribution in [0.5, 0.6) is 0 Å². The van der Waals surface area contributed by atoms with Crippen molar-refractivity contribution in [2.45, 2.75) is 6.10 Å². The second-order valence-corrected chi connectivity index (χ2v) is 4.56. The Bertz CT molecular complexity index is 371. The Kier molecular flexibility index (Phi) is 3.62. The van der Waals surface area contributed by atoms with Crippen LogP contribution in [0.4, 0.5) is 0 Å². The highest BCUT2D eigenvalue weighted by Gasteiger charge is 2.10. The maximum absolute atomic E-state index is 10.6. The zero-order valence-electron chi connectivity index (χ0n) is 7.75. The molecule has 0 saturated heterocycles. The maximum atomic E-state index is 10.6. The van der Waals surface area contributed by atoms with E-state index in [1.165, 1.54) is 0 Å². The van der Waals surface area contributed by atoms with E-state index in [0.29, 0.717) is 5.56 Å². The molecule has 0 spiro atoms. The van der Waals surface area contributed by atoms with Gasteiger partial charge in [-0.3, -0.25) is 4.18 Å². The monoisotopic (exact) mass is 216 g/mol. The summed E-state index contributed by atoms with van der Waals surface area (Å²) in [5.74, 6) is 0. The van der Waals surface area contributed by atoms with Gasteiger partial charge in [-0.1, -0.05) is 30.3 Å². The molecule has 1 aromatic rings. The predicted octanol–water partition coefficient (Wildman–Crippen LogP) is 0.696. The summed E-state index contributed by atoms with van der Waals surface area (Å²) in [6, 6.07) is 8.75. The lowest BCUT2D eigenvalue weighted by Gasteiger charge is -2.09. The van der Waals surface area contributed by atoms with Crippen molar-refractivity contribution in [3.8, 4) is 0 Å². The van der Waals surface area contributed by atoms with Crippen molar-refractivity contribution >= 4 is 10.1 Å². The van der Waals surface area contributed by atoms with Crippen LogP contribution in [0.15, 0.2) is 30.3 Å². The van der Waals surface area contributed by atoms with Crippen molar-refractivity contribution in [2.75, 3.05) is 12.9 Å². The Morgan fingerprint density at radius 1 is 1.36 bits per heavy atom. The zero-order valence-corrected chi connectivity index (χ0v) is 8.57. The summed E-state index contributed by atoms with van der Waals surface area (Å²) in [6.07, 6.45) is 0.0379. The van der Waals surface area contributed by atoms with Gasteiger partial charge in [0.1, 0.15) is 6.10 Å². The lowest BCUT2D eigenvalue weighted by molar-refractivity contribution is 0.112. The van der Waals surface area contributed by atoms with Crippen LogP contribution in [0.2, 0.25) is 0 Å². The van der Waals surface area contributed by atoms with Crippen molar-refractivity contribution in [1.29, 1.82) is 0 Å². The predicted molar refractivity (Wildman–Crippen MR) is 52.2 cm³/mol. The Morgan fingerprint density at radius 2 is 1.93 bits per heavy atom. The molecule has 5 heteroatoms. The smallest absolute Gasteiger partial charge is 0.264 e. The number of aliphatic hydroxyl groups is 1. The summed E-state index contributed by atoms with van der Waals surface area (Å²) in [6.45, 7) is -0.247. The number of benzene rings is 1. The fraction of sp³-hybridized carbons (Fsp3) is 0.333. The first-order valence-electron chi connectivity index (χ1n) is 4.06. The zero-order chi connectivity index (χ0) is 10.6. The molecule has 1 rings (SSSR count). The van der Waals surface area contributed by atoms with Gasteiger partial charge >= 0.3 is 0 Å². The van der Waals surface area contributed by atoms with Crippen LogP contribution in [-0.2, 0) is 14.3 Å². The standard InChI is InChI=1S/C9H12O4S/c1-14(11,12)13-7-9(10)8-5-3-2-4-6-8/h2-6,9-10H,7H2,1H3. The molecule has 0 amide bonds. The van der Waals surface area contributed by atoms with Gasteiger partial charge in [-0.05, 0) is 5.56 Å². The van der Waals surface area contributed by atoms with Crippen LogP contribution >= 0.6 is 0 Å². The Labute approximate surface area is 83.3 Å². The Hall–Kier alpha value is -0.910. The van der Waals surface area contributed by atoms with Crippen molar-refractivity contribution in [2.24, 2.45) is 0 Å². The van der Waals surface area contributed by atoms with Crippen LogP contribution in [-0.4, -0.2) is 26.4 Å². The fourth-order valence-corrected chi connectivity index (χ4v) is 1.34. The summed E-state index contributed by atoms with van der Waals surface area (Å²) in [5, 5.41) is 9.49. The molecule has 0 heterocycles. The third-order valence-electron chi connectivity index (χ3n) is 1.62. The molecular weight excluding hydrogens is 204 g/mol. The van der Waals surface area contributed by atoms with E-state index < -0.39 is 16.2 Å². The minimum absolute atomic E-state index is 0.247. The average Bonchev–Trinajstić information content (AvgIpc) is 2.14. The van der Waals surface area contributed by atoms with E-state index in [0.717, 1.165) is 6.26 Å². The van der Waals surface area contributed by atoms with E-state index in [-0.39, 0.29) is 6.61 Å². The fourth-order valence-electron chi connectivity index (χ4n) is 0.959. The summed E-state index contributed by atoms with van der Waals surface area (Å²) < 4.78 is 25.7. The van der Waals surface area contributed by atoms with Crippen molar-refractivity contribution in [3.63, 3.8) is 0 Å². The van der Waals surface area contributed by atoms with Gasteiger partial charge in [0.2, 0.25) is 0 Å². The molecule has 4 nitrogen and oxygen atoms in total. The molecule has 1 N–H and O–H groups in total. The van der Waals surface area contributed by atoms with E-state index in [1.54, 1.807) is 24.3 Å². The first-order valence-corrected chi connectivity index (χ1v) is 5.88. The van der Waals surface area contributed by atoms with Crippen LogP contribution in [0, 0.1) is 0 Å². The third-order valence-corrected chi connectivity index (χ3v) is 2.19. The molecular formula is C9H12O4S. The minimum Gasteiger partial charge on any atom is -0.386 e. The second-order valence-electron chi connectivity index (χ2n) is 2.92. The molecule has 0 aliphatic rings. The molecule has 0 saturated carbocycles. The van der Waals surface area contributed by atoms with E-state index in [4.69, 9.17) is 0 Å². The Balaban J connectivity index is 2.56. The molecule has 14 heavy (non-hydrogen) atoms. The molecule has 0 aliphatic heterocycles. The molecule has 0 bridgehead atoms. The molecule has 0 radical (unpaired) electrons. The molecule has 78 valence electrons. The molecule has 0 aliphatic carbocycles. The number of hydrogen-bond donors (Lipinski definition) is 1. The van der Waals surface area contributed by atoms with Gasteiger partial charge in [0, 0.05) is 0 Å². The molecule has 1 atom stereocenters. The second kappa shape index (κ2) is 4.54. The average molecular weight is 216 g/mol. The highest BCUT2D eigenvalue weighted by molar-refractivity contribution is 7.85. The van der Waals surface area contributed by atoms with Gasteiger partial charge < -0.3 is 5.11 Å². The molecule has 0 fully saturated rings. The summed E-state index contributed by atoms with van der Waals surface area (Å²) in [4.78, 5) is 0. The number of rotatable bonds is 4. The topological polar surface area (TPSA) is 63.6 Å². The van der Waals surface area contributed by atoms with Gasteiger partial charge in [-0.15, -0.1) is 0 Å². The van der Waals surface area contributed by atoms with Gasteiger partial charge in [-0.2, -0.15) is 8.42 Å². The lowest BCUT2D eigenvalue weighted by Crippen LogP contribution is -2.11. The molecule has 0 aromatic heterocycles. The minimum atomic E-state index is -3.49. The lowest BCUT2D eigenvalue weighted by atomic mass is 10.1. The normalized spacial score (nSPS) is 13.9. The van der Waals surface area contributed by atoms with Crippen LogP contribution < -0.4 is 0 Å². The van der Waals surface area contributed by atoms with Gasteiger partial charge in [0.25, 0.3) is 10.1 Å². The molecule has 1 aromatic carbocycles. The quantitative estimate of drug-likeness (QED) is 0.752. The summed E-state index contributed by atoms with van der Waals surface area (Å²) in [7, 11) is -3.49. The van der Waals surface area contributed by atoms with Crippen LogP contribution in [0.1, 0.15) is 11.7 Å². The van der Waals surface area contributed by atoms with Gasteiger partial charge in [0.15, 0.2) is 0 Å². The van der Waals surface area contributed by atoms with Gasteiger partial charge in [-0.25, -0.2) is 0 Å². The number of hydrogen-bond acceptors (Lipinski definition) is 4. The van der Waals surface area contributed by atoms with E-state index >= 15 is 0 Å². The third kappa shape index (κ3) is 3.87. The summed E-state index contributed by atoms with van der Waals surface area (Å²) in [5.41, 5.74) is 0.635. The number of aliphatic hydroxyl groups excluding tert-OH is 1. The first-order chi connectivity index (χ1) is 6.49. The Morgan fingerprint density at radius 3 is 2.43 bits per heavy atom. The van der Waals surface area contributed by atoms with Crippen molar-refractivity contribution < 1.29 is 17.7 Å². The molecule has 1 unspecified atom stereocenters. The first kappa shape index (κ1) is 11.2. The van der Waals surface area contributed by atoms with Crippen molar-refractivity contribution in [1.82, 2.24) is 0 Å². The SMILES string of the molecule is CS(=O)(=O)OCC(O)c1ccccc1. The van der Waals surface area contributed by atoms with E-state index in [1.807, 2.05) is 6.07 Å². The highest BCUT2D eigenvalue weighted by Crippen LogP contribution is 2.12.